The molecule has 0 aliphatic carbocycles. The van der Waals surface area contributed by atoms with Gasteiger partial charge in [0.15, 0.2) is 0 Å². The second-order valence-corrected chi connectivity index (χ2v) is 7.20. The molecule has 0 saturated carbocycles. The first-order valence-electron chi connectivity index (χ1n) is 9.69. The average Bonchev–Trinajstić information content (AvgIpc) is 3.19. The zero-order chi connectivity index (χ0) is 19.3. The Balaban J connectivity index is 1.32. The third-order valence-electron chi connectivity index (χ3n) is 5.18. The molecule has 1 aliphatic heterocycles. The van der Waals surface area contributed by atoms with Gasteiger partial charge in [-0.1, -0.05) is 30.3 Å². The van der Waals surface area contributed by atoms with Crippen molar-refractivity contribution in [1.29, 1.82) is 0 Å². The van der Waals surface area contributed by atoms with Crippen molar-refractivity contribution in [3.63, 3.8) is 0 Å². The number of hydrogen-bond acceptors (Lipinski definition) is 5. The molecule has 1 atom stereocenters. The van der Waals surface area contributed by atoms with Gasteiger partial charge in [-0.25, -0.2) is 9.97 Å². The van der Waals surface area contributed by atoms with Gasteiger partial charge in [0.25, 0.3) is 17.2 Å². The fraction of sp³-hybridized carbons (Fsp3) is 0.400. The molecule has 2 N–H and O–H groups in total. The van der Waals surface area contributed by atoms with Crippen molar-refractivity contribution in [1.82, 2.24) is 29.8 Å². The van der Waals surface area contributed by atoms with Gasteiger partial charge in [0.2, 0.25) is 0 Å². The maximum atomic E-state index is 12.6. The summed E-state index contributed by atoms with van der Waals surface area (Å²) >= 11 is 0. The molecule has 2 aromatic heterocycles. The number of hydrogen-bond donors (Lipinski definition) is 2. The minimum Gasteiger partial charge on any atom is -0.348 e. The summed E-state index contributed by atoms with van der Waals surface area (Å²) < 4.78 is 1.17. The van der Waals surface area contributed by atoms with Crippen LogP contribution in [0.25, 0.3) is 5.78 Å². The Kier molecular flexibility index (Phi) is 5.48. The van der Waals surface area contributed by atoms with Crippen LogP contribution in [0.1, 0.15) is 35.2 Å². The predicted octanol–water partition coefficient (Wildman–Crippen LogP) is 1.24. The highest BCUT2D eigenvalue weighted by Crippen LogP contribution is 2.12. The number of nitrogens with one attached hydrogen (secondary N) is 2. The molecule has 8 heteroatoms. The van der Waals surface area contributed by atoms with E-state index < -0.39 is 5.56 Å². The molecule has 0 bridgehead atoms. The van der Waals surface area contributed by atoms with E-state index in [9.17, 15) is 9.59 Å². The van der Waals surface area contributed by atoms with Crippen LogP contribution >= 0.6 is 0 Å². The maximum Gasteiger partial charge on any atom is 0.286 e. The zero-order valence-corrected chi connectivity index (χ0v) is 15.7. The fourth-order valence-corrected chi connectivity index (χ4v) is 3.75. The Morgan fingerprint density at radius 3 is 2.96 bits per heavy atom. The first-order valence-corrected chi connectivity index (χ1v) is 9.69. The van der Waals surface area contributed by atoms with Gasteiger partial charge < -0.3 is 10.2 Å². The summed E-state index contributed by atoms with van der Waals surface area (Å²) in [4.78, 5) is 35.3. The van der Waals surface area contributed by atoms with Crippen LogP contribution in [0.3, 0.4) is 0 Å². The number of H-pyrrole nitrogens is 1. The summed E-state index contributed by atoms with van der Waals surface area (Å²) in [6.45, 7) is 2.86. The maximum absolute atomic E-state index is 12.6. The predicted molar refractivity (Wildman–Crippen MR) is 105 cm³/mol. The molecule has 1 fully saturated rings. The van der Waals surface area contributed by atoms with E-state index in [0.717, 1.165) is 45.3 Å². The quantitative estimate of drug-likeness (QED) is 0.671. The van der Waals surface area contributed by atoms with Crippen LogP contribution in [-0.4, -0.2) is 56.1 Å². The Morgan fingerprint density at radius 1 is 1.25 bits per heavy atom. The highest BCUT2D eigenvalue weighted by Gasteiger charge is 2.23. The molecule has 3 aromatic rings. The van der Waals surface area contributed by atoms with Gasteiger partial charge in [0.1, 0.15) is 11.9 Å². The number of fused-ring (bicyclic) bond motifs is 1. The molecule has 4 rings (SSSR count). The molecule has 1 amide bonds. The highest BCUT2D eigenvalue weighted by atomic mass is 16.2. The number of carbonyl (C=O) groups excluding carboxylic acids is 1. The van der Waals surface area contributed by atoms with Crippen molar-refractivity contribution in [2.75, 3.05) is 19.6 Å². The lowest BCUT2D eigenvalue weighted by Gasteiger charge is -2.33. The minimum atomic E-state index is -0.435. The van der Waals surface area contributed by atoms with Crippen LogP contribution in [0.4, 0.5) is 0 Å². The molecule has 1 aromatic carbocycles. The number of likely N-dealkylation sites (tertiary alicyclic amines) is 1. The molecule has 1 saturated heterocycles. The number of aromatic nitrogens is 4. The lowest BCUT2D eigenvalue weighted by molar-refractivity contribution is 0.0901. The van der Waals surface area contributed by atoms with Crippen molar-refractivity contribution in [2.45, 2.75) is 31.7 Å². The SMILES string of the molecule is O=C(NC1CCCN(CCCc2ccccc2)C1)c1cnc2nc[nH]n2c1=O. The fourth-order valence-electron chi connectivity index (χ4n) is 3.75. The van der Waals surface area contributed by atoms with Crippen molar-refractivity contribution < 1.29 is 4.79 Å². The van der Waals surface area contributed by atoms with E-state index in [2.05, 4.69) is 49.5 Å². The number of rotatable bonds is 6. The van der Waals surface area contributed by atoms with E-state index in [-0.39, 0.29) is 23.3 Å². The Hall–Kier alpha value is -3.00. The van der Waals surface area contributed by atoms with E-state index in [1.54, 1.807) is 0 Å². The van der Waals surface area contributed by atoms with Gasteiger partial charge in [0.05, 0.1) is 0 Å². The van der Waals surface area contributed by atoms with Gasteiger partial charge in [-0.05, 0) is 44.3 Å². The zero-order valence-electron chi connectivity index (χ0n) is 15.7. The minimum absolute atomic E-state index is 0.0305. The number of piperidine rings is 1. The Labute approximate surface area is 162 Å². The number of nitrogens with zero attached hydrogens (tertiary/aromatic N) is 4. The molecule has 146 valence electrons. The third kappa shape index (κ3) is 4.12. The van der Waals surface area contributed by atoms with Crippen LogP contribution in [0.2, 0.25) is 0 Å². The summed E-state index contributed by atoms with van der Waals surface area (Å²) in [6, 6.07) is 10.5. The summed E-state index contributed by atoms with van der Waals surface area (Å²) in [5.74, 6) is -0.124. The van der Waals surface area contributed by atoms with Gasteiger partial charge in [-0.3, -0.25) is 14.7 Å². The van der Waals surface area contributed by atoms with Gasteiger partial charge in [-0.15, -0.1) is 0 Å². The first kappa shape index (κ1) is 18.4. The summed E-state index contributed by atoms with van der Waals surface area (Å²) in [6.07, 6.45) is 6.77. The Morgan fingerprint density at radius 2 is 2.11 bits per heavy atom. The van der Waals surface area contributed by atoms with Crippen LogP contribution < -0.4 is 10.9 Å². The number of amides is 1. The smallest absolute Gasteiger partial charge is 0.286 e. The highest BCUT2D eigenvalue weighted by molar-refractivity contribution is 5.93. The third-order valence-corrected chi connectivity index (χ3v) is 5.18. The molecule has 0 spiro atoms. The molecule has 28 heavy (non-hydrogen) atoms. The van der Waals surface area contributed by atoms with E-state index in [0.29, 0.717) is 0 Å². The van der Waals surface area contributed by atoms with Crippen LogP contribution in [0.15, 0.2) is 47.7 Å². The molecule has 3 heterocycles. The largest absolute Gasteiger partial charge is 0.348 e. The van der Waals surface area contributed by atoms with Crippen molar-refractivity contribution in [3.8, 4) is 0 Å². The van der Waals surface area contributed by atoms with Crippen molar-refractivity contribution in [2.24, 2.45) is 0 Å². The number of aryl methyl sites for hydroxylation is 1. The Bertz CT molecular complexity index is 997. The molecule has 0 radical (unpaired) electrons. The van der Waals surface area contributed by atoms with E-state index >= 15 is 0 Å². The standard InChI is InChI=1S/C20H24N6O2/c27-18(17-12-21-20-22-14-23-26(20)19(17)28)24-16-9-5-11-25(13-16)10-4-8-15-6-2-1-3-7-15/h1-3,6-7,12,14,16H,4-5,8-11,13H2,(H,24,27)(H,21,22,23). The van der Waals surface area contributed by atoms with Gasteiger partial charge in [-0.2, -0.15) is 4.52 Å². The number of carbonyl (C=O) groups is 1. The van der Waals surface area contributed by atoms with Gasteiger partial charge >= 0.3 is 0 Å². The average molecular weight is 380 g/mol. The van der Waals surface area contributed by atoms with Crippen molar-refractivity contribution in [3.05, 3.63) is 64.3 Å². The number of benzene rings is 1. The molecular weight excluding hydrogens is 356 g/mol. The van der Waals surface area contributed by atoms with Crippen molar-refractivity contribution >= 4 is 11.7 Å². The lowest BCUT2D eigenvalue weighted by Crippen LogP contribution is -2.48. The molecule has 1 aliphatic rings. The second kappa shape index (κ2) is 8.35. The summed E-state index contributed by atoms with van der Waals surface area (Å²) in [5, 5.41) is 5.68. The van der Waals surface area contributed by atoms with E-state index in [1.165, 1.54) is 22.6 Å². The van der Waals surface area contributed by atoms with E-state index in [1.807, 2.05) is 6.07 Å². The van der Waals surface area contributed by atoms with E-state index in [4.69, 9.17) is 0 Å². The first-order chi connectivity index (χ1) is 13.7. The van der Waals surface area contributed by atoms with Crippen LogP contribution in [0, 0.1) is 0 Å². The molecule has 8 nitrogen and oxygen atoms in total. The summed E-state index contributed by atoms with van der Waals surface area (Å²) in [7, 11) is 0. The molecular formula is C20H24N6O2. The van der Waals surface area contributed by atoms with Crippen LogP contribution in [-0.2, 0) is 6.42 Å². The lowest BCUT2D eigenvalue weighted by atomic mass is 10.0. The molecule has 1 unspecified atom stereocenters. The van der Waals surface area contributed by atoms with Gasteiger partial charge in [0, 0.05) is 18.8 Å². The summed E-state index contributed by atoms with van der Waals surface area (Å²) in [5.41, 5.74) is 0.949. The monoisotopic (exact) mass is 380 g/mol. The second-order valence-electron chi connectivity index (χ2n) is 7.20. The van der Waals surface area contributed by atoms with Crippen LogP contribution in [0.5, 0.6) is 0 Å². The topological polar surface area (TPSA) is 95.4 Å². The number of aromatic amines is 1. The normalized spacial score (nSPS) is 17.6.